The SMILES string of the molecule is C=NC(C)=NCCCN. The highest BCUT2D eigenvalue weighted by Crippen LogP contribution is 1.81. The second-order valence-electron chi connectivity index (χ2n) is 1.73. The van der Waals surface area contributed by atoms with E-state index in [-0.39, 0.29) is 0 Å². The molecule has 0 aliphatic heterocycles. The lowest BCUT2D eigenvalue weighted by Crippen LogP contribution is -2.00. The van der Waals surface area contributed by atoms with E-state index in [0.29, 0.717) is 6.54 Å². The van der Waals surface area contributed by atoms with E-state index >= 15 is 0 Å². The van der Waals surface area contributed by atoms with Gasteiger partial charge in [0.05, 0.1) is 0 Å². The van der Waals surface area contributed by atoms with Crippen molar-refractivity contribution in [3.63, 3.8) is 0 Å². The van der Waals surface area contributed by atoms with Crippen molar-refractivity contribution in [2.45, 2.75) is 13.3 Å². The van der Waals surface area contributed by atoms with Crippen molar-refractivity contribution in [1.29, 1.82) is 0 Å². The molecule has 0 aromatic rings. The van der Waals surface area contributed by atoms with Gasteiger partial charge in [0.2, 0.25) is 0 Å². The lowest BCUT2D eigenvalue weighted by molar-refractivity contribution is 0.843. The van der Waals surface area contributed by atoms with Crippen LogP contribution in [0.5, 0.6) is 0 Å². The highest BCUT2D eigenvalue weighted by molar-refractivity contribution is 5.83. The summed E-state index contributed by atoms with van der Waals surface area (Å²) in [6.07, 6.45) is 0.923. The fourth-order valence-corrected chi connectivity index (χ4v) is 0.382. The molecule has 9 heavy (non-hydrogen) atoms. The van der Waals surface area contributed by atoms with Crippen LogP contribution in [0.3, 0.4) is 0 Å². The molecule has 0 aromatic heterocycles. The molecule has 0 aliphatic carbocycles. The molecule has 0 bridgehead atoms. The van der Waals surface area contributed by atoms with Crippen LogP contribution in [0.1, 0.15) is 13.3 Å². The second-order valence-corrected chi connectivity index (χ2v) is 1.73. The van der Waals surface area contributed by atoms with Gasteiger partial charge in [-0.2, -0.15) is 0 Å². The van der Waals surface area contributed by atoms with Gasteiger partial charge in [0, 0.05) is 6.54 Å². The third kappa shape index (κ3) is 5.17. The summed E-state index contributed by atoms with van der Waals surface area (Å²) in [5, 5.41) is 0. The van der Waals surface area contributed by atoms with Crippen LogP contribution in [0, 0.1) is 0 Å². The first-order valence-corrected chi connectivity index (χ1v) is 2.99. The molecule has 0 saturated carbocycles. The summed E-state index contributed by atoms with van der Waals surface area (Å²) in [5.41, 5.74) is 5.24. The summed E-state index contributed by atoms with van der Waals surface area (Å²) in [7, 11) is 0. The van der Waals surface area contributed by atoms with Crippen molar-refractivity contribution in [2.75, 3.05) is 13.1 Å². The number of nitrogens with zero attached hydrogens (tertiary/aromatic N) is 2. The zero-order chi connectivity index (χ0) is 7.11. The molecule has 0 rings (SSSR count). The molecule has 0 fully saturated rings. The fraction of sp³-hybridized carbons (Fsp3) is 0.667. The first-order valence-electron chi connectivity index (χ1n) is 2.99. The largest absolute Gasteiger partial charge is 0.330 e. The molecule has 0 saturated heterocycles. The van der Waals surface area contributed by atoms with E-state index in [4.69, 9.17) is 5.73 Å². The van der Waals surface area contributed by atoms with Crippen molar-refractivity contribution < 1.29 is 0 Å². The summed E-state index contributed by atoms with van der Waals surface area (Å²) >= 11 is 0. The van der Waals surface area contributed by atoms with Gasteiger partial charge in [-0.1, -0.05) is 0 Å². The molecule has 2 N–H and O–H groups in total. The first-order chi connectivity index (χ1) is 4.31. The topological polar surface area (TPSA) is 50.7 Å². The van der Waals surface area contributed by atoms with E-state index in [9.17, 15) is 0 Å². The predicted octanol–water partition coefficient (Wildman–Crippen LogP) is 0.454. The van der Waals surface area contributed by atoms with Crippen molar-refractivity contribution >= 4 is 12.6 Å². The molecule has 0 amide bonds. The maximum atomic E-state index is 5.24. The molecule has 0 spiro atoms. The number of aliphatic imine (C=N–C) groups is 2. The monoisotopic (exact) mass is 127 g/mol. The van der Waals surface area contributed by atoms with Gasteiger partial charge in [-0.25, -0.2) is 4.99 Å². The lowest BCUT2D eigenvalue weighted by atomic mass is 10.4. The van der Waals surface area contributed by atoms with E-state index in [1.165, 1.54) is 0 Å². The normalized spacial score (nSPS) is 11.6. The molecular formula is C6H13N3. The minimum atomic E-state index is 0.688. The van der Waals surface area contributed by atoms with Crippen molar-refractivity contribution in [2.24, 2.45) is 15.7 Å². The van der Waals surface area contributed by atoms with Crippen molar-refractivity contribution in [3.8, 4) is 0 Å². The average molecular weight is 127 g/mol. The second kappa shape index (κ2) is 5.44. The Hall–Kier alpha value is -0.700. The molecule has 0 aliphatic rings. The Balaban J connectivity index is 3.31. The molecule has 0 aromatic carbocycles. The van der Waals surface area contributed by atoms with Crippen LogP contribution in [0.25, 0.3) is 0 Å². The van der Waals surface area contributed by atoms with Gasteiger partial charge in [-0.15, -0.1) is 0 Å². The van der Waals surface area contributed by atoms with Crippen molar-refractivity contribution in [1.82, 2.24) is 0 Å². The summed E-state index contributed by atoms with van der Waals surface area (Å²) in [6, 6.07) is 0. The Morgan fingerprint density at radius 2 is 2.33 bits per heavy atom. The van der Waals surface area contributed by atoms with E-state index in [0.717, 1.165) is 18.8 Å². The number of rotatable bonds is 3. The molecule has 0 radical (unpaired) electrons. The maximum Gasteiger partial charge on any atom is 0.119 e. The highest BCUT2D eigenvalue weighted by atomic mass is 14.9. The minimum Gasteiger partial charge on any atom is -0.330 e. The average Bonchev–Trinajstić information content (AvgIpc) is 1.89. The van der Waals surface area contributed by atoms with E-state index in [1.807, 2.05) is 6.92 Å². The van der Waals surface area contributed by atoms with Crippen LogP contribution in [0.2, 0.25) is 0 Å². The van der Waals surface area contributed by atoms with Crippen LogP contribution in [0.4, 0.5) is 0 Å². The van der Waals surface area contributed by atoms with Crippen LogP contribution in [0.15, 0.2) is 9.98 Å². The Morgan fingerprint density at radius 3 is 2.78 bits per heavy atom. The summed E-state index contributed by atoms with van der Waals surface area (Å²) in [4.78, 5) is 7.66. The van der Waals surface area contributed by atoms with E-state index in [2.05, 4.69) is 16.7 Å². The highest BCUT2D eigenvalue weighted by Gasteiger charge is 1.81. The van der Waals surface area contributed by atoms with Crippen molar-refractivity contribution in [3.05, 3.63) is 0 Å². The van der Waals surface area contributed by atoms with Crippen LogP contribution in [-0.2, 0) is 0 Å². The van der Waals surface area contributed by atoms with Crippen LogP contribution < -0.4 is 5.73 Å². The zero-order valence-electron chi connectivity index (χ0n) is 5.80. The molecule has 0 unspecified atom stereocenters. The van der Waals surface area contributed by atoms with E-state index in [1.54, 1.807) is 0 Å². The first kappa shape index (κ1) is 8.30. The Labute approximate surface area is 55.7 Å². The standard InChI is InChI=1S/C6H13N3/c1-6(8-2)9-5-3-4-7/h2-5,7H2,1H3. The van der Waals surface area contributed by atoms with Crippen LogP contribution in [-0.4, -0.2) is 25.6 Å². The summed E-state index contributed by atoms with van der Waals surface area (Å²) < 4.78 is 0. The molecular weight excluding hydrogens is 114 g/mol. The van der Waals surface area contributed by atoms with E-state index < -0.39 is 0 Å². The van der Waals surface area contributed by atoms with Gasteiger partial charge in [-0.05, 0) is 26.6 Å². The quantitative estimate of drug-likeness (QED) is 0.334. The zero-order valence-corrected chi connectivity index (χ0v) is 5.80. The third-order valence-electron chi connectivity index (χ3n) is 0.932. The van der Waals surface area contributed by atoms with Gasteiger partial charge < -0.3 is 5.73 Å². The molecule has 52 valence electrons. The lowest BCUT2D eigenvalue weighted by Gasteiger charge is -1.90. The smallest absolute Gasteiger partial charge is 0.119 e. The summed E-state index contributed by atoms with van der Waals surface area (Å²) in [6.45, 7) is 6.60. The number of hydrogen-bond acceptors (Lipinski definition) is 2. The Morgan fingerprint density at radius 1 is 1.67 bits per heavy atom. The van der Waals surface area contributed by atoms with Crippen LogP contribution >= 0.6 is 0 Å². The van der Waals surface area contributed by atoms with Gasteiger partial charge >= 0.3 is 0 Å². The maximum absolute atomic E-state index is 5.24. The summed E-state index contributed by atoms with van der Waals surface area (Å²) in [5.74, 6) is 0.739. The third-order valence-corrected chi connectivity index (χ3v) is 0.932. The molecule has 0 atom stereocenters. The van der Waals surface area contributed by atoms with Gasteiger partial charge in [0.25, 0.3) is 0 Å². The fourth-order valence-electron chi connectivity index (χ4n) is 0.382. The van der Waals surface area contributed by atoms with Gasteiger partial charge in [0.15, 0.2) is 0 Å². The number of nitrogens with two attached hydrogens (primary N) is 1. The Bertz CT molecular complexity index is 107. The number of amidine groups is 1. The molecule has 3 nitrogen and oxygen atoms in total. The van der Waals surface area contributed by atoms with Gasteiger partial charge in [-0.3, -0.25) is 4.99 Å². The molecule has 0 heterocycles. The number of hydrogen-bond donors (Lipinski definition) is 1. The minimum absolute atomic E-state index is 0.688. The van der Waals surface area contributed by atoms with Gasteiger partial charge in [0.1, 0.15) is 5.84 Å². The Kier molecular flexibility index (Phi) is 5.01. The molecule has 3 heteroatoms. The predicted molar refractivity (Wildman–Crippen MR) is 41.2 cm³/mol.